The van der Waals surface area contributed by atoms with Crippen LogP contribution in [0, 0.1) is 0 Å². The fourth-order valence-corrected chi connectivity index (χ4v) is 4.19. The predicted molar refractivity (Wildman–Crippen MR) is 118 cm³/mol. The molecule has 4 amide bonds. The molecule has 2 aliphatic rings. The average molecular weight is 448 g/mol. The van der Waals surface area contributed by atoms with Crippen molar-refractivity contribution in [2.24, 2.45) is 0 Å². The number of hydrogen-bond acceptors (Lipinski definition) is 6. The Morgan fingerprint density at radius 2 is 2.00 bits per heavy atom. The highest BCUT2D eigenvalue weighted by molar-refractivity contribution is 6.04. The van der Waals surface area contributed by atoms with Crippen LogP contribution in [-0.4, -0.2) is 67.8 Å². The fourth-order valence-electron chi connectivity index (χ4n) is 4.19. The Labute approximate surface area is 188 Å². The molecule has 2 aliphatic heterocycles. The van der Waals surface area contributed by atoms with E-state index in [-0.39, 0.29) is 42.8 Å². The van der Waals surface area contributed by atoms with Gasteiger partial charge in [0, 0.05) is 25.6 Å². The van der Waals surface area contributed by atoms with Gasteiger partial charge < -0.3 is 24.8 Å². The SMILES string of the molecule is COc1ccc(CCN2C(=O)N[C@@H](CCC(=O)NC3CCOC(C)(C)C3)C2=O)cc1OC. The fraction of sp³-hybridized carbons (Fsp3) is 0.609. The highest BCUT2D eigenvalue weighted by Crippen LogP contribution is 2.28. The Morgan fingerprint density at radius 1 is 1.25 bits per heavy atom. The number of hydrogen-bond donors (Lipinski definition) is 2. The van der Waals surface area contributed by atoms with E-state index in [9.17, 15) is 14.4 Å². The molecule has 1 aromatic rings. The van der Waals surface area contributed by atoms with Gasteiger partial charge in [-0.3, -0.25) is 14.5 Å². The summed E-state index contributed by atoms with van der Waals surface area (Å²) in [5.74, 6) is 0.807. The first-order valence-corrected chi connectivity index (χ1v) is 11.0. The lowest BCUT2D eigenvalue weighted by atomic mass is 9.94. The van der Waals surface area contributed by atoms with Crippen LogP contribution in [-0.2, 0) is 20.7 Å². The van der Waals surface area contributed by atoms with E-state index >= 15 is 0 Å². The van der Waals surface area contributed by atoms with Crippen LogP contribution in [0.25, 0.3) is 0 Å². The molecule has 0 radical (unpaired) electrons. The minimum Gasteiger partial charge on any atom is -0.493 e. The molecular weight excluding hydrogens is 414 g/mol. The second-order valence-electron chi connectivity index (χ2n) is 8.84. The van der Waals surface area contributed by atoms with Crippen molar-refractivity contribution in [2.45, 2.75) is 63.6 Å². The number of nitrogens with zero attached hydrogens (tertiary/aromatic N) is 1. The summed E-state index contributed by atoms with van der Waals surface area (Å²) in [5, 5.41) is 5.72. The summed E-state index contributed by atoms with van der Waals surface area (Å²) in [6.45, 7) is 4.88. The molecule has 9 nitrogen and oxygen atoms in total. The van der Waals surface area contributed by atoms with Gasteiger partial charge >= 0.3 is 6.03 Å². The van der Waals surface area contributed by atoms with Gasteiger partial charge in [0.05, 0.1) is 19.8 Å². The first-order chi connectivity index (χ1) is 15.2. The van der Waals surface area contributed by atoms with Crippen molar-refractivity contribution in [3.8, 4) is 11.5 Å². The largest absolute Gasteiger partial charge is 0.493 e. The number of urea groups is 1. The van der Waals surface area contributed by atoms with Gasteiger partial charge in [-0.05, 0) is 57.2 Å². The number of amides is 4. The Balaban J connectivity index is 1.47. The highest BCUT2D eigenvalue weighted by Gasteiger charge is 2.38. The van der Waals surface area contributed by atoms with Gasteiger partial charge in [0.15, 0.2) is 11.5 Å². The van der Waals surface area contributed by atoms with Gasteiger partial charge in [0.1, 0.15) is 6.04 Å². The predicted octanol–water partition coefficient (Wildman–Crippen LogP) is 2.02. The lowest BCUT2D eigenvalue weighted by Gasteiger charge is -2.35. The molecule has 2 heterocycles. The van der Waals surface area contributed by atoms with E-state index in [1.54, 1.807) is 20.3 Å². The standard InChI is InChI=1S/C23H33N3O6/c1-23(2)14-16(10-12-32-23)24-20(27)8-6-17-21(28)26(22(29)25-17)11-9-15-5-7-18(30-3)19(13-15)31-4/h5,7,13,16-17H,6,8-12,14H2,1-4H3,(H,24,27)(H,25,29)/t16?,17-/m0/s1. The van der Waals surface area contributed by atoms with Gasteiger partial charge in [-0.2, -0.15) is 0 Å². The maximum absolute atomic E-state index is 12.7. The smallest absolute Gasteiger partial charge is 0.324 e. The van der Waals surface area contributed by atoms with E-state index in [4.69, 9.17) is 14.2 Å². The number of carbonyl (C=O) groups excluding carboxylic acids is 3. The minimum absolute atomic E-state index is 0.0677. The lowest BCUT2D eigenvalue weighted by molar-refractivity contribution is -0.128. The van der Waals surface area contributed by atoms with Gasteiger partial charge in [-0.15, -0.1) is 0 Å². The highest BCUT2D eigenvalue weighted by atomic mass is 16.5. The molecule has 9 heteroatoms. The number of nitrogens with one attached hydrogen (secondary N) is 2. The van der Waals surface area contributed by atoms with Crippen LogP contribution in [0.5, 0.6) is 11.5 Å². The minimum atomic E-state index is -0.676. The van der Waals surface area contributed by atoms with E-state index in [1.165, 1.54) is 4.90 Å². The van der Waals surface area contributed by atoms with Crippen LogP contribution in [0.1, 0.15) is 45.1 Å². The van der Waals surface area contributed by atoms with Crippen molar-refractivity contribution >= 4 is 17.8 Å². The number of benzene rings is 1. The Morgan fingerprint density at radius 3 is 2.69 bits per heavy atom. The number of methoxy groups -OCH3 is 2. The summed E-state index contributed by atoms with van der Waals surface area (Å²) in [6.07, 6.45) is 2.47. The average Bonchev–Trinajstić information content (AvgIpc) is 3.02. The van der Waals surface area contributed by atoms with Crippen molar-refractivity contribution in [2.75, 3.05) is 27.4 Å². The molecule has 0 aliphatic carbocycles. The zero-order valence-electron chi connectivity index (χ0n) is 19.2. The maximum atomic E-state index is 12.7. The molecule has 1 aromatic carbocycles. The summed E-state index contributed by atoms with van der Waals surface area (Å²) in [7, 11) is 3.12. The first-order valence-electron chi connectivity index (χ1n) is 11.0. The topological polar surface area (TPSA) is 106 Å². The number of carbonyl (C=O) groups is 3. The second kappa shape index (κ2) is 10.2. The third-order valence-electron chi connectivity index (χ3n) is 5.90. The monoisotopic (exact) mass is 447 g/mol. The molecule has 2 atom stereocenters. The van der Waals surface area contributed by atoms with Crippen LogP contribution >= 0.6 is 0 Å². The molecule has 32 heavy (non-hydrogen) atoms. The summed E-state index contributed by atoms with van der Waals surface area (Å²) in [6, 6.07) is 4.46. The van der Waals surface area contributed by atoms with Gasteiger partial charge in [-0.1, -0.05) is 6.07 Å². The molecule has 176 valence electrons. The van der Waals surface area contributed by atoms with Crippen molar-refractivity contribution < 1.29 is 28.6 Å². The van der Waals surface area contributed by atoms with E-state index in [0.29, 0.717) is 24.5 Å². The summed E-state index contributed by atoms with van der Waals surface area (Å²) in [4.78, 5) is 38.6. The van der Waals surface area contributed by atoms with Crippen LogP contribution in [0.3, 0.4) is 0 Å². The van der Waals surface area contributed by atoms with Crippen LogP contribution in [0.2, 0.25) is 0 Å². The van der Waals surface area contributed by atoms with Crippen molar-refractivity contribution in [3.63, 3.8) is 0 Å². The number of imide groups is 1. The third kappa shape index (κ3) is 5.91. The van der Waals surface area contributed by atoms with Crippen molar-refractivity contribution in [3.05, 3.63) is 23.8 Å². The summed E-state index contributed by atoms with van der Waals surface area (Å²) < 4.78 is 16.2. The van der Waals surface area contributed by atoms with Gasteiger partial charge in [-0.25, -0.2) is 4.79 Å². The molecule has 3 rings (SSSR count). The third-order valence-corrected chi connectivity index (χ3v) is 5.90. The molecule has 0 aromatic heterocycles. The summed E-state index contributed by atoms with van der Waals surface area (Å²) in [5.41, 5.74) is 0.672. The van der Waals surface area contributed by atoms with Gasteiger partial charge in [0.2, 0.25) is 5.91 Å². The Kier molecular flexibility index (Phi) is 7.60. The molecular formula is C23H33N3O6. The zero-order chi connectivity index (χ0) is 23.3. The first kappa shape index (κ1) is 23.8. The van der Waals surface area contributed by atoms with Crippen LogP contribution in [0.15, 0.2) is 18.2 Å². The summed E-state index contributed by atoms with van der Waals surface area (Å²) >= 11 is 0. The Bertz CT molecular complexity index is 856. The van der Waals surface area contributed by atoms with Crippen molar-refractivity contribution in [1.29, 1.82) is 0 Å². The molecule has 0 spiro atoms. The van der Waals surface area contributed by atoms with Gasteiger partial charge in [0.25, 0.3) is 5.91 Å². The quantitative estimate of drug-likeness (QED) is 0.561. The molecule has 2 N–H and O–H groups in total. The van der Waals surface area contributed by atoms with E-state index in [1.807, 2.05) is 26.0 Å². The van der Waals surface area contributed by atoms with E-state index < -0.39 is 12.1 Å². The lowest BCUT2D eigenvalue weighted by Crippen LogP contribution is -2.46. The van der Waals surface area contributed by atoms with E-state index in [2.05, 4.69) is 10.6 Å². The molecule has 2 fully saturated rings. The normalized spacial score (nSPS) is 22.4. The number of rotatable bonds is 9. The Hall–Kier alpha value is -2.81. The maximum Gasteiger partial charge on any atom is 0.324 e. The number of ether oxygens (including phenoxy) is 3. The molecule has 0 saturated carbocycles. The van der Waals surface area contributed by atoms with Crippen LogP contribution in [0.4, 0.5) is 4.79 Å². The van der Waals surface area contributed by atoms with Crippen LogP contribution < -0.4 is 20.1 Å². The zero-order valence-corrected chi connectivity index (χ0v) is 19.2. The molecule has 1 unspecified atom stereocenters. The second-order valence-corrected chi connectivity index (χ2v) is 8.84. The molecule has 2 saturated heterocycles. The van der Waals surface area contributed by atoms with E-state index in [0.717, 1.165) is 18.4 Å². The molecule has 0 bridgehead atoms. The van der Waals surface area contributed by atoms with Crippen molar-refractivity contribution in [1.82, 2.24) is 15.5 Å².